The molecule has 0 saturated heterocycles. The van der Waals surface area contributed by atoms with E-state index in [1.807, 2.05) is 0 Å². The maximum Gasteiger partial charge on any atom is 0.324 e. The van der Waals surface area contributed by atoms with Gasteiger partial charge in [0.1, 0.15) is 5.75 Å². The molecule has 4 N–H and O–H groups in total. The zero-order chi connectivity index (χ0) is 17.7. The summed E-state index contributed by atoms with van der Waals surface area (Å²) in [5, 5.41) is 10.4. The minimum atomic E-state index is -2.62. The summed E-state index contributed by atoms with van der Waals surface area (Å²) >= 11 is 0. The predicted octanol–water partition coefficient (Wildman–Crippen LogP) is 4.61. The van der Waals surface area contributed by atoms with Gasteiger partial charge in [-0.2, -0.15) is 0 Å². The van der Waals surface area contributed by atoms with Gasteiger partial charge >= 0.3 is 8.60 Å². The molecule has 4 nitrogen and oxygen atoms in total. The van der Waals surface area contributed by atoms with Crippen LogP contribution in [0.2, 0.25) is 0 Å². The molecule has 0 aliphatic heterocycles. The van der Waals surface area contributed by atoms with Crippen LogP contribution >= 0.6 is 8.60 Å². The van der Waals surface area contributed by atoms with Gasteiger partial charge in [-0.25, -0.2) is 0 Å². The Kier molecular flexibility index (Phi) is 13.3. The molecule has 1 rings (SSSR count). The van der Waals surface area contributed by atoms with E-state index in [4.69, 9.17) is 14.7 Å². The number of unbranched alkanes of at least 4 members (excludes halogenated alkanes) is 3. The molecule has 134 valence electrons. The van der Waals surface area contributed by atoms with Crippen LogP contribution in [0.4, 0.5) is 0 Å². The van der Waals surface area contributed by atoms with Crippen molar-refractivity contribution in [1.29, 1.82) is 0 Å². The third kappa shape index (κ3) is 10.7. The van der Waals surface area contributed by atoms with Crippen LogP contribution in [0.1, 0.15) is 76.0 Å². The molecule has 23 heavy (non-hydrogen) atoms. The fourth-order valence-corrected chi connectivity index (χ4v) is 2.47. The highest BCUT2D eigenvalue weighted by molar-refractivity contribution is 7.38. The van der Waals surface area contributed by atoms with Crippen LogP contribution in [0, 0.1) is 0 Å². The second kappa shape index (κ2) is 13.7. The first-order valence-electron chi connectivity index (χ1n) is 8.66. The highest BCUT2D eigenvalue weighted by atomic mass is 31.2. The molecule has 0 aliphatic carbocycles. The number of rotatable bonds is 9. The minimum absolute atomic E-state index is 0.571. The second-order valence-electron chi connectivity index (χ2n) is 5.84. The lowest BCUT2D eigenvalue weighted by molar-refractivity contribution is 0.368. The van der Waals surface area contributed by atoms with Gasteiger partial charge in [0.05, 0.1) is 0 Å². The first kappa shape index (κ1) is 22.3. The van der Waals surface area contributed by atoms with E-state index >= 15 is 0 Å². The molecule has 1 aromatic carbocycles. The van der Waals surface area contributed by atoms with Gasteiger partial charge in [0.2, 0.25) is 0 Å². The zero-order valence-electron chi connectivity index (χ0n) is 14.8. The van der Waals surface area contributed by atoms with Crippen LogP contribution in [-0.4, -0.2) is 19.8 Å². The number of aryl methyl sites for hydroxylation is 3. The van der Waals surface area contributed by atoms with Gasteiger partial charge in [0, 0.05) is 0 Å². The number of benzene rings is 1. The molecular formula is C18H33O4P. The van der Waals surface area contributed by atoms with Gasteiger partial charge in [0.15, 0.2) is 0 Å². The van der Waals surface area contributed by atoms with E-state index in [-0.39, 0.29) is 0 Å². The standard InChI is InChI=1S/C18H30O.H3O3P/c1-4-7-10-15-13-16(11-8-5-2)18(19)17(14-15)12-9-6-3;1-4(2)3/h13-14,19H,4-12H2,1-3H3;1-3H. The second-order valence-corrected chi connectivity index (χ2v) is 6.38. The molecule has 0 aliphatic rings. The molecule has 0 radical (unpaired) electrons. The van der Waals surface area contributed by atoms with E-state index < -0.39 is 8.60 Å². The van der Waals surface area contributed by atoms with E-state index in [9.17, 15) is 5.11 Å². The van der Waals surface area contributed by atoms with Gasteiger partial charge in [0.25, 0.3) is 0 Å². The summed E-state index contributed by atoms with van der Waals surface area (Å²) in [6.07, 6.45) is 10.3. The lowest BCUT2D eigenvalue weighted by atomic mass is 9.95. The Hall–Kier alpha value is -0.670. The van der Waals surface area contributed by atoms with Crippen molar-refractivity contribution in [2.24, 2.45) is 0 Å². The molecule has 0 saturated carbocycles. The topological polar surface area (TPSA) is 80.9 Å². The predicted molar refractivity (Wildman–Crippen MR) is 97.5 cm³/mol. The average Bonchev–Trinajstić information content (AvgIpc) is 2.50. The summed E-state index contributed by atoms with van der Waals surface area (Å²) in [7, 11) is -2.62. The van der Waals surface area contributed by atoms with E-state index in [1.54, 1.807) is 0 Å². The molecule has 5 heteroatoms. The summed E-state index contributed by atoms with van der Waals surface area (Å²) in [6, 6.07) is 4.46. The first-order chi connectivity index (χ1) is 11.0. The number of phenols is 1. The Labute approximate surface area is 142 Å². The Morgan fingerprint density at radius 2 is 1.09 bits per heavy atom. The van der Waals surface area contributed by atoms with Crippen LogP contribution in [-0.2, 0) is 19.3 Å². The van der Waals surface area contributed by atoms with E-state index in [2.05, 4.69) is 32.9 Å². The van der Waals surface area contributed by atoms with Crippen LogP contribution in [0.3, 0.4) is 0 Å². The van der Waals surface area contributed by atoms with E-state index in [1.165, 1.54) is 42.4 Å². The summed E-state index contributed by atoms with van der Waals surface area (Å²) in [4.78, 5) is 21.7. The third-order valence-corrected chi connectivity index (χ3v) is 3.75. The van der Waals surface area contributed by atoms with Crippen molar-refractivity contribution in [1.82, 2.24) is 0 Å². The zero-order valence-corrected chi connectivity index (χ0v) is 15.6. The number of hydrogen-bond donors (Lipinski definition) is 4. The van der Waals surface area contributed by atoms with E-state index in [0.717, 1.165) is 32.1 Å². The lowest BCUT2D eigenvalue weighted by Crippen LogP contribution is -1.97. The molecule has 0 unspecified atom stereocenters. The first-order valence-corrected chi connectivity index (χ1v) is 9.86. The molecular weight excluding hydrogens is 311 g/mol. The number of aromatic hydroxyl groups is 1. The van der Waals surface area contributed by atoms with Crippen LogP contribution in [0.25, 0.3) is 0 Å². The van der Waals surface area contributed by atoms with Crippen molar-refractivity contribution in [2.45, 2.75) is 78.6 Å². The van der Waals surface area contributed by atoms with Gasteiger partial charge in [-0.15, -0.1) is 0 Å². The van der Waals surface area contributed by atoms with Gasteiger partial charge in [-0.05, 0) is 55.2 Å². The summed E-state index contributed by atoms with van der Waals surface area (Å²) in [5.41, 5.74) is 3.75. The highest BCUT2D eigenvalue weighted by Gasteiger charge is 2.09. The third-order valence-electron chi connectivity index (χ3n) is 3.75. The van der Waals surface area contributed by atoms with Crippen LogP contribution in [0.5, 0.6) is 5.75 Å². The molecule has 0 aromatic heterocycles. The fraction of sp³-hybridized carbons (Fsp3) is 0.667. The van der Waals surface area contributed by atoms with Crippen molar-refractivity contribution < 1.29 is 19.8 Å². The van der Waals surface area contributed by atoms with Crippen molar-refractivity contribution in [2.75, 3.05) is 0 Å². The van der Waals surface area contributed by atoms with Gasteiger partial charge in [-0.3, -0.25) is 0 Å². The van der Waals surface area contributed by atoms with Crippen molar-refractivity contribution in [3.63, 3.8) is 0 Å². The lowest BCUT2D eigenvalue weighted by Gasteiger charge is -2.13. The summed E-state index contributed by atoms with van der Waals surface area (Å²) in [5.74, 6) is 0.571. The van der Waals surface area contributed by atoms with E-state index in [0.29, 0.717) is 5.75 Å². The largest absolute Gasteiger partial charge is 0.507 e. The molecule has 0 bridgehead atoms. The van der Waals surface area contributed by atoms with Gasteiger partial charge < -0.3 is 19.8 Å². The highest BCUT2D eigenvalue weighted by Crippen LogP contribution is 2.28. The monoisotopic (exact) mass is 344 g/mol. The van der Waals surface area contributed by atoms with Crippen LogP contribution < -0.4 is 0 Å². The Morgan fingerprint density at radius 3 is 1.43 bits per heavy atom. The van der Waals surface area contributed by atoms with Crippen molar-refractivity contribution in [3.8, 4) is 5.75 Å². The van der Waals surface area contributed by atoms with Gasteiger partial charge in [-0.1, -0.05) is 52.2 Å². The fourth-order valence-electron chi connectivity index (χ4n) is 2.47. The van der Waals surface area contributed by atoms with Crippen LogP contribution in [0.15, 0.2) is 12.1 Å². The quantitative estimate of drug-likeness (QED) is 0.493. The van der Waals surface area contributed by atoms with Crippen molar-refractivity contribution in [3.05, 3.63) is 28.8 Å². The maximum atomic E-state index is 10.4. The van der Waals surface area contributed by atoms with Crippen molar-refractivity contribution >= 4 is 8.60 Å². The average molecular weight is 344 g/mol. The maximum absolute atomic E-state index is 10.4. The normalized spacial score (nSPS) is 10.6. The molecule has 1 aromatic rings. The smallest absolute Gasteiger partial charge is 0.324 e. The molecule has 0 fully saturated rings. The summed E-state index contributed by atoms with van der Waals surface area (Å²) in [6.45, 7) is 6.64. The molecule has 0 spiro atoms. The molecule has 0 atom stereocenters. The Bertz CT molecular complexity index is 390. The SMILES string of the molecule is CCCCc1cc(CCCC)c(O)c(CCCC)c1.OP(O)O. The number of hydrogen-bond acceptors (Lipinski definition) is 4. The molecule has 0 amide bonds. The molecule has 0 heterocycles. The number of phenolic OH excluding ortho intramolecular Hbond substituents is 1. The summed E-state index contributed by atoms with van der Waals surface area (Å²) < 4.78 is 0. The Morgan fingerprint density at radius 1 is 0.739 bits per heavy atom. The Balaban J connectivity index is 0.00000108. The minimum Gasteiger partial charge on any atom is -0.507 e.